The Morgan fingerprint density at radius 3 is 2.62 bits per heavy atom. The maximum atomic E-state index is 11.5. The van der Waals surface area contributed by atoms with Crippen molar-refractivity contribution >= 4 is 51.4 Å². The van der Waals surface area contributed by atoms with Crippen LogP contribution in [0.5, 0.6) is 0 Å². The molecule has 3 nitrogen and oxygen atoms in total. The van der Waals surface area contributed by atoms with E-state index in [1.54, 1.807) is 24.3 Å². The summed E-state index contributed by atoms with van der Waals surface area (Å²) in [5, 5.41) is 10.6. The van der Waals surface area contributed by atoms with E-state index >= 15 is 0 Å². The van der Waals surface area contributed by atoms with Crippen LogP contribution in [0.25, 0.3) is 21.5 Å². The fourth-order valence-electron chi connectivity index (χ4n) is 2.16. The van der Waals surface area contributed by atoms with Gasteiger partial charge in [0.25, 0.3) is 0 Å². The van der Waals surface area contributed by atoms with Gasteiger partial charge < -0.3 is 5.11 Å². The average molecular weight is 338 g/mol. The number of rotatable bonds is 2. The van der Waals surface area contributed by atoms with Crippen LogP contribution in [0.2, 0.25) is 9.36 Å². The number of benzene rings is 1. The third-order valence-electron chi connectivity index (χ3n) is 3.22. The molecule has 106 valence electrons. The lowest BCUT2D eigenvalue weighted by Crippen LogP contribution is -2.01. The maximum absolute atomic E-state index is 11.5. The predicted molar refractivity (Wildman–Crippen MR) is 86.8 cm³/mol. The summed E-state index contributed by atoms with van der Waals surface area (Å²) in [7, 11) is 0. The molecule has 0 radical (unpaired) electrons. The van der Waals surface area contributed by atoms with Crippen LogP contribution in [0.15, 0.2) is 30.3 Å². The second kappa shape index (κ2) is 5.30. The highest BCUT2D eigenvalue weighted by molar-refractivity contribution is 7.19. The summed E-state index contributed by atoms with van der Waals surface area (Å²) >= 11 is 13.4. The van der Waals surface area contributed by atoms with E-state index < -0.39 is 5.97 Å². The van der Waals surface area contributed by atoms with Gasteiger partial charge >= 0.3 is 5.97 Å². The summed E-state index contributed by atoms with van der Waals surface area (Å²) in [6.07, 6.45) is 0. The molecule has 0 fully saturated rings. The molecule has 3 rings (SSSR count). The van der Waals surface area contributed by atoms with E-state index in [-0.39, 0.29) is 5.56 Å². The molecular weight excluding hydrogens is 329 g/mol. The average Bonchev–Trinajstić information content (AvgIpc) is 2.88. The minimum absolute atomic E-state index is 0.208. The summed E-state index contributed by atoms with van der Waals surface area (Å²) in [5.41, 5.74) is 2.16. The highest BCUT2D eigenvalue weighted by Crippen LogP contribution is 2.34. The molecule has 21 heavy (non-hydrogen) atoms. The van der Waals surface area contributed by atoms with Crippen molar-refractivity contribution in [2.45, 2.75) is 6.92 Å². The maximum Gasteiger partial charge on any atom is 0.336 e. The zero-order valence-electron chi connectivity index (χ0n) is 10.9. The number of aryl methyl sites for hydroxylation is 1. The minimum Gasteiger partial charge on any atom is -0.478 e. The van der Waals surface area contributed by atoms with Crippen LogP contribution >= 0.6 is 34.5 Å². The fraction of sp³-hybridized carbons (Fsp3) is 0.0667. The smallest absolute Gasteiger partial charge is 0.336 e. The third-order valence-corrected chi connectivity index (χ3v) is 4.89. The second-order valence-corrected chi connectivity index (χ2v) is 6.65. The number of aromatic carboxylic acids is 1. The Kier molecular flexibility index (Phi) is 3.61. The van der Waals surface area contributed by atoms with Gasteiger partial charge in [0.05, 0.1) is 26.0 Å². The topological polar surface area (TPSA) is 50.2 Å². The van der Waals surface area contributed by atoms with E-state index in [1.165, 1.54) is 11.3 Å². The van der Waals surface area contributed by atoms with E-state index in [1.807, 2.05) is 13.0 Å². The number of nitrogens with zero attached hydrogens (tertiary/aromatic N) is 1. The van der Waals surface area contributed by atoms with Crippen LogP contribution in [0.4, 0.5) is 0 Å². The Labute approximate surface area is 134 Å². The molecule has 0 atom stereocenters. The SMILES string of the molecule is Cc1c(Cl)ccc2c(C(=O)O)cc(-c3ccc(Cl)s3)nc12. The highest BCUT2D eigenvalue weighted by atomic mass is 35.5. The Bertz CT molecular complexity index is 873. The number of carboxylic acids is 1. The number of hydrogen-bond acceptors (Lipinski definition) is 3. The molecule has 0 unspecified atom stereocenters. The van der Waals surface area contributed by atoms with Gasteiger partial charge in [-0.2, -0.15) is 0 Å². The van der Waals surface area contributed by atoms with E-state index in [9.17, 15) is 9.90 Å². The van der Waals surface area contributed by atoms with Crippen LogP contribution in [-0.4, -0.2) is 16.1 Å². The van der Waals surface area contributed by atoms with Crippen molar-refractivity contribution in [1.82, 2.24) is 4.98 Å². The van der Waals surface area contributed by atoms with Gasteiger partial charge in [-0.15, -0.1) is 11.3 Å². The summed E-state index contributed by atoms with van der Waals surface area (Å²) in [4.78, 5) is 16.9. The van der Waals surface area contributed by atoms with E-state index in [0.717, 1.165) is 10.4 Å². The van der Waals surface area contributed by atoms with Gasteiger partial charge in [0.2, 0.25) is 0 Å². The number of carboxylic acid groups (broad SMARTS) is 1. The Morgan fingerprint density at radius 2 is 2.00 bits per heavy atom. The van der Waals surface area contributed by atoms with Gasteiger partial charge in [-0.1, -0.05) is 29.3 Å². The summed E-state index contributed by atoms with van der Waals surface area (Å²) in [6, 6.07) is 8.53. The summed E-state index contributed by atoms with van der Waals surface area (Å²) < 4.78 is 0.631. The largest absolute Gasteiger partial charge is 0.478 e. The van der Waals surface area contributed by atoms with Crippen molar-refractivity contribution in [1.29, 1.82) is 0 Å². The number of halogens is 2. The van der Waals surface area contributed by atoms with Gasteiger partial charge in [0.15, 0.2) is 0 Å². The molecule has 2 heterocycles. The van der Waals surface area contributed by atoms with Crippen molar-refractivity contribution < 1.29 is 9.90 Å². The molecule has 0 aliphatic heterocycles. The van der Waals surface area contributed by atoms with Gasteiger partial charge in [-0.25, -0.2) is 9.78 Å². The number of fused-ring (bicyclic) bond motifs is 1. The Hall–Kier alpha value is -1.62. The first-order valence-electron chi connectivity index (χ1n) is 6.06. The van der Waals surface area contributed by atoms with Crippen LogP contribution in [0, 0.1) is 6.92 Å². The van der Waals surface area contributed by atoms with Crippen molar-refractivity contribution in [2.75, 3.05) is 0 Å². The standard InChI is InChI=1S/C15H9Cl2NO2S/c1-7-10(16)3-2-8-9(15(19)20)6-11(18-14(7)8)12-4-5-13(17)21-12/h2-6H,1H3,(H,19,20). The first-order valence-corrected chi connectivity index (χ1v) is 7.63. The van der Waals surface area contributed by atoms with Crippen molar-refractivity contribution in [3.8, 4) is 10.6 Å². The first-order chi connectivity index (χ1) is 9.97. The summed E-state index contributed by atoms with van der Waals surface area (Å²) in [6.45, 7) is 1.83. The molecule has 6 heteroatoms. The minimum atomic E-state index is -0.993. The zero-order valence-corrected chi connectivity index (χ0v) is 13.2. The van der Waals surface area contributed by atoms with Crippen LogP contribution in [0.3, 0.4) is 0 Å². The monoisotopic (exact) mass is 337 g/mol. The number of aromatic nitrogens is 1. The molecule has 0 bridgehead atoms. The molecule has 0 aliphatic carbocycles. The molecule has 3 aromatic rings. The molecule has 1 aromatic carbocycles. The van der Waals surface area contributed by atoms with Crippen molar-refractivity contribution in [2.24, 2.45) is 0 Å². The molecule has 1 N–H and O–H groups in total. The number of pyridine rings is 1. The normalized spacial score (nSPS) is 11.0. The molecule has 0 amide bonds. The van der Waals surface area contributed by atoms with Crippen LogP contribution < -0.4 is 0 Å². The molecule has 2 aromatic heterocycles. The van der Waals surface area contributed by atoms with Gasteiger partial charge in [-0.3, -0.25) is 0 Å². The van der Waals surface area contributed by atoms with E-state index in [0.29, 0.717) is 26.0 Å². The molecule has 0 saturated heterocycles. The number of hydrogen-bond donors (Lipinski definition) is 1. The first kappa shape index (κ1) is 14.3. The summed E-state index contributed by atoms with van der Waals surface area (Å²) in [5.74, 6) is -0.993. The fourth-order valence-corrected chi connectivity index (χ4v) is 3.32. The molecule has 0 aliphatic rings. The van der Waals surface area contributed by atoms with Crippen molar-refractivity contribution in [3.63, 3.8) is 0 Å². The van der Waals surface area contributed by atoms with Crippen molar-refractivity contribution in [3.05, 3.63) is 50.8 Å². The Balaban J connectivity index is 2.38. The third kappa shape index (κ3) is 2.50. The lowest BCUT2D eigenvalue weighted by molar-refractivity contribution is 0.0699. The van der Waals surface area contributed by atoms with Gasteiger partial charge in [0.1, 0.15) is 0 Å². The predicted octanol–water partition coefficient (Wildman–Crippen LogP) is 5.28. The van der Waals surface area contributed by atoms with Gasteiger partial charge in [0, 0.05) is 10.4 Å². The zero-order chi connectivity index (χ0) is 15.1. The Morgan fingerprint density at radius 1 is 1.24 bits per heavy atom. The number of carbonyl (C=O) groups is 1. The quantitative estimate of drug-likeness (QED) is 0.692. The van der Waals surface area contributed by atoms with E-state index in [2.05, 4.69) is 4.98 Å². The molecule has 0 spiro atoms. The number of thiophene rings is 1. The molecular formula is C15H9Cl2NO2S. The van der Waals surface area contributed by atoms with E-state index in [4.69, 9.17) is 23.2 Å². The molecule has 0 saturated carbocycles. The second-order valence-electron chi connectivity index (χ2n) is 4.53. The lowest BCUT2D eigenvalue weighted by Gasteiger charge is -2.09. The van der Waals surface area contributed by atoms with Crippen LogP contribution in [0.1, 0.15) is 15.9 Å². The van der Waals surface area contributed by atoms with Crippen LogP contribution in [-0.2, 0) is 0 Å². The lowest BCUT2D eigenvalue weighted by atomic mass is 10.0. The van der Waals surface area contributed by atoms with Gasteiger partial charge in [-0.05, 0) is 36.8 Å². The highest BCUT2D eigenvalue weighted by Gasteiger charge is 2.16.